The zero-order chi connectivity index (χ0) is 33.1. The Morgan fingerprint density at radius 2 is 0.795 bits per heavy atom. The first-order valence-corrected chi connectivity index (χ1v) is 20.9. The molecule has 0 fully saturated rings. The third kappa shape index (κ3) is 20.2. The number of ether oxygens (including phenoxy) is 2. The Hall–Kier alpha value is -0.0462. The van der Waals surface area contributed by atoms with Crippen molar-refractivity contribution in [3.8, 4) is 0 Å². The summed E-state index contributed by atoms with van der Waals surface area (Å²) in [5.41, 5.74) is 0. The average Bonchev–Trinajstić information content (AvgIpc) is 2.99. The van der Waals surface area contributed by atoms with Gasteiger partial charge >= 0.3 is 17.6 Å². The zero-order valence-corrected chi connectivity index (χ0v) is 31.4. The number of rotatable bonds is 33. The van der Waals surface area contributed by atoms with Gasteiger partial charge in [-0.25, -0.2) is 0 Å². The van der Waals surface area contributed by atoms with Crippen molar-refractivity contribution in [2.24, 2.45) is 0 Å². The molecule has 2 N–H and O–H groups in total. The monoisotopic (exact) mass is 672 g/mol. The zero-order valence-electron chi connectivity index (χ0n) is 29.4. The third-order valence-corrected chi connectivity index (χ3v) is 13.2. The Morgan fingerprint density at radius 1 is 0.500 bits per heavy atom. The highest BCUT2D eigenvalue weighted by Gasteiger charge is 2.40. The number of aliphatic hydroxyl groups excluding tert-OH is 2. The van der Waals surface area contributed by atoms with Crippen molar-refractivity contribution in [1.82, 2.24) is 9.80 Å². The normalized spacial score (nSPS) is 14.2. The van der Waals surface area contributed by atoms with E-state index < -0.39 is 29.8 Å². The smallest absolute Gasteiger partial charge is 0.389 e. The van der Waals surface area contributed by atoms with E-state index in [9.17, 15) is 10.2 Å². The summed E-state index contributed by atoms with van der Waals surface area (Å²) in [6.45, 7) is 25.1. The van der Waals surface area contributed by atoms with Gasteiger partial charge in [-0.1, -0.05) is 13.8 Å². The van der Waals surface area contributed by atoms with E-state index in [2.05, 4.69) is 23.6 Å². The van der Waals surface area contributed by atoms with Gasteiger partial charge in [-0.15, -0.1) is 0 Å². The summed E-state index contributed by atoms with van der Waals surface area (Å²) in [6, 6.07) is 1.39. The maximum atomic E-state index is 10.6. The number of nitrogens with zero attached hydrogens (tertiary/aromatic N) is 2. The van der Waals surface area contributed by atoms with E-state index in [1.165, 1.54) is 0 Å². The van der Waals surface area contributed by atoms with Gasteiger partial charge in [-0.3, -0.25) is 9.80 Å². The second-order valence-electron chi connectivity index (χ2n) is 10.4. The first-order chi connectivity index (χ1) is 21.2. The molecule has 44 heavy (non-hydrogen) atoms. The molecular weight excluding hydrogens is 605 g/mol. The minimum atomic E-state index is -2.66. The fourth-order valence-electron chi connectivity index (χ4n) is 4.96. The van der Waals surface area contributed by atoms with Gasteiger partial charge in [0.05, 0.1) is 25.4 Å². The van der Waals surface area contributed by atoms with Crippen molar-refractivity contribution in [2.75, 3.05) is 105 Å². The molecule has 0 bridgehead atoms. The lowest BCUT2D eigenvalue weighted by Gasteiger charge is -2.29. The summed E-state index contributed by atoms with van der Waals surface area (Å²) < 4.78 is 46.9. The molecule has 0 spiro atoms. The summed E-state index contributed by atoms with van der Waals surface area (Å²) in [5, 5.41) is 21.2. The van der Waals surface area contributed by atoms with E-state index in [4.69, 9.17) is 36.0 Å². The van der Waals surface area contributed by atoms with E-state index in [0.29, 0.717) is 78.0 Å². The number of hydrogen-bond acceptors (Lipinski definition) is 12. The predicted octanol–water partition coefficient (Wildman–Crippen LogP) is 3.26. The van der Waals surface area contributed by atoms with Gasteiger partial charge in [0.1, 0.15) is 0 Å². The first kappa shape index (κ1) is 44.0. The second-order valence-corrected chi connectivity index (χ2v) is 15.9. The fraction of sp³-hybridized carbons (Fsp3) is 1.00. The Balaban J connectivity index is 4.40. The lowest BCUT2D eigenvalue weighted by Crippen LogP contribution is -2.46. The van der Waals surface area contributed by atoms with Gasteiger partial charge < -0.3 is 46.2 Å². The first-order valence-electron chi connectivity index (χ1n) is 17.0. The highest BCUT2D eigenvalue weighted by atomic mass is 28.4. The molecular formula is C30H68N2O10Si2. The molecule has 0 rings (SSSR count). The molecule has 0 saturated carbocycles. The molecule has 0 radical (unpaired) electrons. The molecule has 0 aromatic carbocycles. The lowest BCUT2D eigenvalue weighted by atomic mass is 10.3. The molecule has 2 atom stereocenters. The van der Waals surface area contributed by atoms with Gasteiger partial charge in [-0.05, 0) is 67.5 Å². The van der Waals surface area contributed by atoms with E-state index in [1.807, 2.05) is 41.5 Å². The van der Waals surface area contributed by atoms with E-state index in [-0.39, 0.29) is 13.2 Å². The van der Waals surface area contributed by atoms with E-state index >= 15 is 0 Å². The van der Waals surface area contributed by atoms with Crippen LogP contribution >= 0.6 is 0 Å². The van der Waals surface area contributed by atoms with Crippen LogP contribution in [0, 0.1) is 0 Å². The van der Waals surface area contributed by atoms with Gasteiger partial charge in [0, 0.05) is 91.1 Å². The second kappa shape index (κ2) is 28.0. The molecule has 0 heterocycles. The van der Waals surface area contributed by atoms with Crippen molar-refractivity contribution in [3.63, 3.8) is 0 Å². The van der Waals surface area contributed by atoms with Crippen molar-refractivity contribution in [3.05, 3.63) is 0 Å². The lowest BCUT2D eigenvalue weighted by molar-refractivity contribution is 0.00631. The van der Waals surface area contributed by atoms with Crippen molar-refractivity contribution in [2.45, 2.75) is 92.5 Å². The van der Waals surface area contributed by atoms with Gasteiger partial charge in [-0.2, -0.15) is 0 Å². The molecule has 0 aliphatic heterocycles. The van der Waals surface area contributed by atoms with Gasteiger partial charge in [0.15, 0.2) is 0 Å². The van der Waals surface area contributed by atoms with Gasteiger partial charge in [0.25, 0.3) is 0 Å². The molecule has 266 valence electrons. The van der Waals surface area contributed by atoms with Crippen molar-refractivity contribution in [1.29, 1.82) is 0 Å². The SMILES string of the molecule is CCO[Si](CCCOCC(O)CN(CC)CCN(CC)CC(O)COCCC[Si](OCC)(OCC)OCC)(OCC)OCC. The molecule has 0 amide bonds. The topological polar surface area (TPSA) is 121 Å². The molecule has 0 aliphatic rings. The standard InChI is InChI=1S/C30H68N2O10Si2/c1-9-31(25-29(33)27-35-21-17-23-43(37-11-3,38-12-4)39-13-5)19-20-32(10-2)26-30(34)28-36-22-18-24-44(40-14-6,41-15-7)42-16-8/h29-30,33-34H,9-28H2,1-8H3. The van der Waals surface area contributed by atoms with E-state index in [0.717, 1.165) is 39.0 Å². The summed E-state index contributed by atoms with van der Waals surface area (Å²) in [4.78, 5) is 4.42. The van der Waals surface area contributed by atoms with Crippen LogP contribution in [0.15, 0.2) is 0 Å². The number of hydrogen-bond donors (Lipinski definition) is 2. The Labute approximate surface area is 271 Å². The summed E-state index contributed by atoms with van der Waals surface area (Å²) in [6.07, 6.45) is 0.354. The Kier molecular flexibility index (Phi) is 28.0. The van der Waals surface area contributed by atoms with Crippen molar-refractivity contribution >= 4 is 17.6 Å². The van der Waals surface area contributed by atoms with Crippen LogP contribution in [0.5, 0.6) is 0 Å². The Bertz CT molecular complexity index is 559. The molecule has 0 aromatic heterocycles. The number of likely N-dealkylation sites (N-methyl/N-ethyl adjacent to an activating group) is 2. The van der Waals surface area contributed by atoms with Crippen LogP contribution in [-0.4, -0.2) is 155 Å². The van der Waals surface area contributed by atoms with Crippen LogP contribution in [0.1, 0.15) is 68.2 Å². The minimum Gasteiger partial charge on any atom is -0.389 e. The van der Waals surface area contributed by atoms with Crippen LogP contribution in [0.2, 0.25) is 12.1 Å². The highest BCUT2D eigenvalue weighted by molar-refractivity contribution is 6.61. The van der Waals surface area contributed by atoms with Crippen molar-refractivity contribution < 1.29 is 46.2 Å². The van der Waals surface area contributed by atoms with Crippen LogP contribution in [-0.2, 0) is 36.0 Å². The van der Waals surface area contributed by atoms with Crippen LogP contribution in [0.3, 0.4) is 0 Å². The van der Waals surface area contributed by atoms with Crippen LogP contribution in [0.25, 0.3) is 0 Å². The molecule has 12 nitrogen and oxygen atoms in total. The average molecular weight is 673 g/mol. The van der Waals surface area contributed by atoms with Crippen LogP contribution < -0.4 is 0 Å². The fourth-order valence-corrected chi connectivity index (χ4v) is 10.1. The van der Waals surface area contributed by atoms with E-state index in [1.54, 1.807) is 0 Å². The predicted molar refractivity (Wildman–Crippen MR) is 178 cm³/mol. The molecule has 14 heteroatoms. The largest absolute Gasteiger partial charge is 0.501 e. The summed E-state index contributed by atoms with van der Waals surface area (Å²) in [7, 11) is -5.33. The minimum absolute atomic E-state index is 0.278. The summed E-state index contributed by atoms with van der Waals surface area (Å²) in [5.74, 6) is 0. The highest BCUT2D eigenvalue weighted by Crippen LogP contribution is 2.19. The molecule has 2 unspecified atom stereocenters. The molecule has 0 saturated heterocycles. The quantitative estimate of drug-likeness (QED) is 0.0787. The molecule has 0 aromatic rings. The third-order valence-electron chi connectivity index (χ3n) is 6.91. The Morgan fingerprint density at radius 3 is 1.05 bits per heavy atom. The van der Waals surface area contributed by atoms with Gasteiger partial charge in [0.2, 0.25) is 0 Å². The maximum absolute atomic E-state index is 10.6. The number of aliphatic hydroxyl groups is 2. The molecule has 0 aliphatic carbocycles. The van der Waals surface area contributed by atoms with Crippen LogP contribution in [0.4, 0.5) is 0 Å². The summed E-state index contributed by atoms with van der Waals surface area (Å²) >= 11 is 0. The maximum Gasteiger partial charge on any atom is 0.501 e.